The number of nitrogen functional groups attached to an aromatic ring is 1. The zero-order valence-corrected chi connectivity index (χ0v) is 18.7. The van der Waals surface area contributed by atoms with Crippen molar-refractivity contribution < 1.29 is 18.7 Å². The van der Waals surface area contributed by atoms with Crippen LogP contribution in [-0.4, -0.2) is 40.3 Å². The average Bonchev–Trinajstić information content (AvgIpc) is 3.32. The van der Waals surface area contributed by atoms with E-state index < -0.39 is 5.97 Å². The first-order valence-corrected chi connectivity index (χ1v) is 10.4. The summed E-state index contributed by atoms with van der Waals surface area (Å²) in [4.78, 5) is 27.7. The van der Waals surface area contributed by atoms with Crippen molar-refractivity contribution in [1.29, 1.82) is 5.26 Å². The second kappa shape index (κ2) is 9.99. The zero-order chi connectivity index (χ0) is 24.1. The van der Waals surface area contributed by atoms with E-state index in [1.165, 1.54) is 36.1 Å². The standard InChI is InChI=1S/C23H25FN6O3/c1-4-17-19(23(32)33-3)13(2)20(28-17)22(31)27-11-5-6-18-16(12-25)21(26)30(29-18)15-9-7-14(24)8-10-15/h7-10,28H,4-6,11,26H2,1-3H3,(H,27,31). The van der Waals surface area contributed by atoms with E-state index in [9.17, 15) is 19.2 Å². The number of halogens is 1. The van der Waals surface area contributed by atoms with Crippen LogP contribution in [0.4, 0.5) is 10.2 Å². The molecule has 1 aromatic carbocycles. The summed E-state index contributed by atoms with van der Waals surface area (Å²) in [5, 5.41) is 16.7. The minimum atomic E-state index is -0.488. The molecule has 0 aliphatic carbocycles. The van der Waals surface area contributed by atoms with E-state index >= 15 is 0 Å². The number of hydrogen-bond acceptors (Lipinski definition) is 6. The maximum Gasteiger partial charge on any atom is 0.339 e. The largest absolute Gasteiger partial charge is 0.465 e. The van der Waals surface area contributed by atoms with Crippen molar-refractivity contribution in [1.82, 2.24) is 20.1 Å². The van der Waals surface area contributed by atoms with Crippen LogP contribution >= 0.6 is 0 Å². The minimum Gasteiger partial charge on any atom is -0.465 e. The Morgan fingerprint density at radius 2 is 2.03 bits per heavy atom. The molecule has 0 spiro atoms. The van der Waals surface area contributed by atoms with E-state index in [0.717, 1.165) is 0 Å². The smallest absolute Gasteiger partial charge is 0.339 e. The second-order valence-electron chi connectivity index (χ2n) is 7.39. The van der Waals surface area contributed by atoms with Gasteiger partial charge in [0.1, 0.15) is 29.0 Å². The molecule has 1 amide bonds. The summed E-state index contributed by atoms with van der Waals surface area (Å²) in [6.07, 6.45) is 1.46. The van der Waals surface area contributed by atoms with Gasteiger partial charge in [-0.1, -0.05) is 6.92 Å². The SMILES string of the molecule is CCc1[nH]c(C(=O)NCCCc2nn(-c3ccc(F)cc3)c(N)c2C#N)c(C)c1C(=O)OC. The van der Waals surface area contributed by atoms with Gasteiger partial charge in [-0.15, -0.1) is 0 Å². The van der Waals surface area contributed by atoms with E-state index in [4.69, 9.17) is 10.5 Å². The number of aromatic nitrogens is 3. The number of aromatic amines is 1. The van der Waals surface area contributed by atoms with Crippen LogP contribution in [0.15, 0.2) is 24.3 Å². The Morgan fingerprint density at radius 1 is 1.33 bits per heavy atom. The fourth-order valence-electron chi connectivity index (χ4n) is 3.63. The van der Waals surface area contributed by atoms with Crippen LogP contribution in [0.5, 0.6) is 0 Å². The Hall–Kier alpha value is -4.13. The Kier molecular flexibility index (Phi) is 7.13. The van der Waals surface area contributed by atoms with Gasteiger partial charge in [0.25, 0.3) is 5.91 Å². The maximum absolute atomic E-state index is 13.2. The quantitative estimate of drug-likeness (QED) is 0.355. The summed E-state index contributed by atoms with van der Waals surface area (Å²) in [7, 11) is 1.30. The highest BCUT2D eigenvalue weighted by Crippen LogP contribution is 2.22. The van der Waals surface area contributed by atoms with Crippen LogP contribution in [0.1, 0.15) is 56.7 Å². The number of carbonyl (C=O) groups excluding carboxylic acids is 2. The number of nitrogens with zero attached hydrogens (tertiary/aromatic N) is 3. The fourth-order valence-corrected chi connectivity index (χ4v) is 3.63. The molecule has 2 heterocycles. The molecule has 3 rings (SSSR count). The number of methoxy groups -OCH3 is 1. The number of nitrogens with two attached hydrogens (primary N) is 1. The number of carbonyl (C=O) groups is 2. The van der Waals surface area contributed by atoms with Gasteiger partial charge < -0.3 is 20.8 Å². The molecule has 0 saturated heterocycles. The molecule has 0 bridgehead atoms. The number of esters is 1. The molecule has 0 unspecified atom stereocenters. The summed E-state index contributed by atoms with van der Waals surface area (Å²) in [6, 6.07) is 7.68. The van der Waals surface area contributed by atoms with E-state index in [2.05, 4.69) is 21.5 Å². The van der Waals surface area contributed by atoms with Crippen molar-refractivity contribution in [2.24, 2.45) is 0 Å². The molecule has 0 fully saturated rings. The molecule has 33 heavy (non-hydrogen) atoms. The molecule has 2 aromatic heterocycles. The highest BCUT2D eigenvalue weighted by Gasteiger charge is 2.23. The fraction of sp³-hybridized carbons (Fsp3) is 0.304. The van der Waals surface area contributed by atoms with Crippen LogP contribution in [0.25, 0.3) is 5.69 Å². The predicted octanol–water partition coefficient (Wildman–Crippen LogP) is 2.81. The van der Waals surface area contributed by atoms with Crippen LogP contribution in [-0.2, 0) is 17.6 Å². The van der Waals surface area contributed by atoms with Gasteiger partial charge in [0, 0.05) is 12.2 Å². The summed E-state index contributed by atoms with van der Waals surface area (Å²) in [6.45, 7) is 3.89. The normalized spacial score (nSPS) is 10.6. The first-order valence-electron chi connectivity index (χ1n) is 10.4. The third-order valence-electron chi connectivity index (χ3n) is 5.35. The topological polar surface area (TPSA) is 139 Å². The minimum absolute atomic E-state index is 0.174. The van der Waals surface area contributed by atoms with Gasteiger partial charge in [0.2, 0.25) is 0 Å². The molecule has 0 saturated carbocycles. The van der Waals surface area contributed by atoms with Crippen LogP contribution in [0.3, 0.4) is 0 Å². The Bertz CT molecular complexity index is 1220. The number of ether oxygens (including phenoxy) is 1. The predicted molar refractivity (Wildman–Crippen MR) is 120 cm³/mol. The van der Waals surface area contributed by atoms with Crippen molar-refractivity contribution in [3.8, 4) is 11.8 Å². The molecule has 0 aliphatic rings. The first-order chi connectivity index (χ1) is 15.8. The lowest BCUT2D eigenvalue weighted by Gasteiger charge is -2.05. The zero-order valence-electron chi connectivity index (χ0n) is 18.7. The number of H-pyrrole nitrogens is 1. The number of benzene rings is 1. The molecule has 0 aliphatic heterocycles. The van der Waals surface area contributed by atoms with Crippen LogP contribution in [0.2, 0.25) is 0 Å². The monoisotopic (exact) mass is 452 g/mol. The third-order valence-corrected chi connectivity index (χ3v) is 5.35. The Balaban J connectivity index is 1.67. The lowest BCUT2D eigenvalue weighted by molar-refractivity contribution is 0.0599. The van der Waals surface area contributed by atoms with Gasteiger partial charge in [-0.2, -0.15) is 10.4 Å². The van der Waals surface area contributed by atoms with Crippen LogP contribution < -0.4 is 11.1 Å². The molecule has 0 atom stereocenters. The second-order valence-corrected chi connectivity index (χ2v) is 7.39. The molecule has 10 heteroatoms. The molecule has 9 nitrogen and oxygen atoms in total. The Morgan fingerprint density at radius 3 is 2.64 bits per heavy atom. The third kappa shape index (κ3) is 4.72. The molecule has 4 N–H and O–H groups in total. The van der Waals surface area contributed by atoms with E-state index in [-0.39, 0.29) is 23.1 Å². The maximum atomic E-state index is 13.2. The molecule has 172 valence electrons. The molecule has 3 aromatic rings. The number of nitriles is 1. The summed E-state index contributed by atoms with van der Waals surface area (Å²) >= 11 is 0. The van der Waals surface area contributed by atoms with Gasteiger partial charge in [0.05, 0.1) is 24.1 Å². The molecule has 0 radical (unpaired) electrons. The van der Waals surface area contributed by atoms with Crippen molar-refractivity contribution >= 4 is 17.7 Å². The van der Waals surface area contributed by atoms with Crippen molar-refractivity contribution in [3.63, 3.8) is 0 Å². The summed E-state index contributed by atoms with van der Waals surface area (Å²) in [5.41, 5.74) is 9.23. The van der Waals surface area contributed by atoms with Crippen molar-refractivity contribution in [2.75, 3.05) is 19.4 Å². The molecular formula is C23H25FN6O3. The van der Waals surface area contributed by atoms with Gasteiger partial charge in [-0.05, 0) is 56.0 Å². The number of amides is 1. The van der Waals surface area contributed by atoms with Crippen molar-refractivity contribution in [2.45, 2.75) is 33.1 Å². The number of anilines is 1. The van der Waals surface area contributed by atoms with E-state index in [1.807, 2.05) is 6.92 Å². The number of aryl methyl sites for hydroxylation is 2. The summed E-state index contributed by atoms with van der Waals surface area (Å²) < 4.78 is 19.4. The number of rotatable bonds is 8. The van der Waals surface area contributed by atoms with Gasteiger partial charge >= 0.3 is 5.97 Å². The lowest BCUT2D eigenvalue weighted by Crippen LogP contribution is -2.26. The Labute approximate surface area is 190 Å². The highest BCUT2D eigenvalue weighted by molar-refractivity contribution is 6.00. The highest BCUT2D eigenvalue weighted by atomic mass is 19.1. The lowest BCUT2D eigenvalue weighted by atomic mass is 10.1. The summed E-state index contributed by atoms with van der Waals surface area (Å²) in [5.74, 6) is -1.04. The van der Waals surface area contributed by atoms with Gasteiger partial charge in [0.15, 0.2) is 0 Å². The first kappa shape index (κ1) is 23.5. The number of nitrogens with one attached hydrogen (secondary N) is 2. The number of hydrogen-bond donors (Lipinski definition) is 3. The van der Waals surface area contributed by atoms with Gasteiger partial charge in [-0.3, -0.25) is 4.79 Å². The van der Waals surface area contributed by atoms with Crippen LogP contribution in [0, 0.1) is 24.1 Å². The van der Waals surface area contributed by atoms with Crippen molar-refractivity contribution in [3.05, 3.63) is 63.9 Å². The van der Waals surface area contributed by atoms with Gasteiger partial charge in [-0.25, -0.2) is 13.9 Å². The van der Waals surface area contributed by atoms with E-state index in [0.29, 0.717) is 59.7 Å². The molecular weight excluding hydrogens is 427 g/mol. The van der Waals surface area contributed by atoms with E-state index in [1.54, 1.807) is 6.92 Å². The average molecular weight is 452 g/mol.